The van der Waals surface area contributed by atoms with Crippen LogP contribution < -0.4 is 10.6 Å². The van der Waals surface area contributed by atoms with Crippen LogP contribution in [0.3, 0.4) is 0 Å². The van der Waals surface area contributed by atoms with Crippen molar-refractivity contribution >= 4 is 28.3 Å². The quantitative estimate of drug-likeness (QED) is 0.526. The van der Waals surface area contributed by atoms with Gasteiger partial charge in [-0.05, 0) is 18.6 Å². The molecule has 25 heavy (non-hydrogen) atoms. The Morgan fingerprint density at radius 2 is 2.12 bits per heavy atom. The molecule has 0 atom stereocenters. The highest BCUT2D eigenvalue weighted by molar-refractivity contribution is 7.11. The van der Waals surface area contributed by atoms with Crippen LogP contribution in [0.2, 0.25) is 0 Å². The van der Waals surface area contributed by atoms with Crippen LogP contribution in [0.1, 0.15) is 22.6 Å². The third-order valence-electron chi connectivity index (χ3n) is 4.10. The van der Waals surface area contributed by atoms with Crippen molar-refractivity contribution in [3.63, 3.8) is 0 Å². The minimum Gasteiger partial charge on any atom is -0.356 e. The standard InChI is InChI=1S/C18H24N6S/c1-4-13-11-21-17(25-13)9-10-20-18(19-2)22-12-16-23-14-7-5-6-8-15(14)24(16)3/h5-8,11H,4,9-10,12H2,1-3H3,(H2,19,20,22). The number of hydrogen-bond donors (Lipinski definition) is 2. The first-order chi connectivity index (χ1) is 12.2. The molecule has 2 heterocycles. The van der Waals surface area contributed by atoms with E-state index < -0.39 is 0 Å². The molecule has 1 aromatic carbocycles. The number of nitrogens with one attached hydrogen (secondary N) is 2. The van der Waals surface area contributed by atoms with Gasteiger partial charge >= 0.3 is 0 Å². The fraction of sp³-hybridized carbons (Fsp3) is 0.389. The van der Waals surface area contributed by atoms with Crippen molar-refractivity contribution in [1.82, 2.24) is 25.2 Å². The predicted molar refractivity (Wildman–Crippen MR) is 104 cm³/mol. The molecule has 3 rings (SSSR count). The number of benzene rings is 1. The van der Waals surface area contributed by atoms with Gasteiger partial charge in [0.1, 0.15) is 5.82 Å². The lowest BCUT2D eigenvalue weighted by atomic mass is 10.3. The van der Waals surface area contributed by atoms with Crippen LogP contribution in [0.15, 0.2) is 35.5 Å². The van der Waals surface area contributed by atoms with Crippen LogP contribution in [-0.4, -0.2) is 34.1 Å². The Morgan fingerprint density at radius 3 is 2.84 bits per heavy atom. The monoisotopic (exact) mass is 356 g/mol. The van der Waals surface area contributed by atoms with Gasteiger partial charge in [0.05, 0.1) is 22.6 Å². The van der Waals surface area contributed by atoms with E-state index >= 15 is 0 Å². The molecule has 2 aromatic heterocycles. The van der Waals surface area contributed by atoms with E-state index in [1.807, 2.05) is 31.4 Å². The van der Waals surface area contributed by atoms with E-state index in [1.54, 1.807) is 18.4 Å². The summed E-state index contributed by atoms with van der Waals surface area (Å²) in [6, 6.07) is 8.15. The van der Waals surface area contributed by atoms with E-state index in [0.717, 1.165) is 47.2 Å². The molecule has 0 bridgehead atoms. The third-order valence-corrected chi connectivity index (χ3v) is 5.30. The molecule has 3 aromatic rings. The second kappa shape index (κ2) is 8.11. The number of nitrogens with zero attached hydrogens (tertiary/aromatic N) is 4. The van der Waals surface area contributed by atoms with Gasteiger partial charge in [0.25, 0.3) is 0 Å². The highest BCUT2D eigenvalue weighted by Crippen LogP contribution is 2.14. The fourth-order valence-electron chi connectivity index (χ4n) is 2.65. The van der Waals surface area contributed by atoms with Gasteiger partial charge in [-0.15, -0.1) is 11.3 Å². The Morgan fingerprint density at radius 1 is 1.28 bits per heavy atom. The zero-order chi connectivity index (χ0) is 17.6. The summed E-state index contributed by atoms with van der Waals surface area (Å²) in [7, 11) is 3.82. The summed E-state index contributed by atoms with van der Waals surface area (Å²) in [6.07, 6.45) is 3.92. The zero-order valence-electron chi connectivity index (χ0n) is 14.9. The lowest BCUT2D eigenvalue weighted by molar-refractivity contribution is 0.733. The smallest absolute Gasteiger partial charge is 0.191 e. The van der Waals surface area contributed by atoms with E-state index in [9.17, 15) is 0 Å². The van der Waals surface area contributed by atoms with Crippen LogP contribution >= 0.6 is 11.3 Å². The number of rotatable bonds is 6. The Balaban J connectivity index is 1.52. The maximum Gasteiger partial charge on any atom is 0.191 e. The van der Waals surface area contributed by atoms with Gasteiger partial charge in [-0.3, -0.25) is 4.99 Å². The Bertz CT molecular complexity index is 863. The van der Waals surface area contributed by atoms with Gasteiger partial charge < -0.3 is 15.2 Å². The minimum absolute atomic E-state index is 0.627. The Hall–Kier alpha value is -2.41. The molecule has 0 spiro atoms. The van der Waals surface area contributed by atoms with Gasteiger partial charge in [-0.25, -0.2) is 9.97 Å². The summed E-state index contributed by atoms with van der Waals surface area (Å²) in [5.74, 6) is 1.76. The lowest BCUT2D eigenvalue weighted by Gasteiger charge is -2.11. The van der Waals surface area contributed by atoms with Gasteiger partial charge in [0, 0.05) is 38.1 Å². The molecule has 0 saturated carbocycles. The Kier molecular flexibility index (Phi) is 5.65. The van der Waals surface area contributed by atoms with E-state index in [0.29, 0.717) is 6.54 Å². The molecule has 0 aliphatic heterocycles. The summed E-state index contributed by atoms with van der Waals surface area (Å²) < 4.78 is 2.11. The minimum atomic E-state index is 0.627. The maximum atomic E-state index is 4.67. The number of thiazole rings is 1. The Labute approximate surface area is 152 Å². The van der Waals surface area contributed by atoms with E-state index in [1.165, 1.54) is 4.88 Å². The molecule has 0 unspecified atom stereocenters. The lowest BCUT2D eigenvalue weighted by Crippen LogP contribution is -2.38. The molecule has 0 fully saturated rings. The van der Waals surface area contributed by atoms with Crippen molar-refractivity contribution in [2.45, 2.75) is 26.3 Å². The molecule has 2 N–H and O–H groups in total. The van der Waals surface area contributed by atoms with Crippen molar-refractivity contribution in [1.29, 1.82) is 0 Å². The van der Waals surface area contributed by atoms with E-state index in [2.05, 4.69) is 43.2 Å². The zero-order valence-corrected chi connectivity index (χ0v) is 15.7. The summed E-state index contributed by atoms with van der Waals surface area (Å²) in [4.78, 5) is 14.7. The number of para-hydroxylation sites is 2. The first kappa shape index (κ1) is 17.4. The van der Waals surface area contributed by atoms with Gasteiger partial charge in [-0.2, -0.15) is 0 Å². The second-order valence-electron chi connectivity index (χ2n) is 5.75. The summed E-state index contributed by atoms with van der Waals surface area (Å²) in [5, 5.41) is 7.83. The molecular weight excluding hydrogens is 332 g/mol. The largest absolute Gasteiger partial charge is 0.356 e. The average molecular weight is 356 g/mol. The molecule has 0 aliphatic carbocycles. The molecule has 0 aliphatic rings. The molecule has 0 radical (unpaired) electrons. The number of aryl methyl sites for hydroxylation is 2. The van der Waals surface area contributed by atoms with Crippen molar-refractivity contribution < 1.29 is 0 Å². The number of fused-ring (bicyclic) bond motifs is 1. The SMILES string of the molecule is CCc1cnc(CCNC(=NC)NCc2nc3ccccc3n2C)s1. The molecular formula is C18H24N6S. The van der Waals surface area contributed by atoms with Crippen LogP contribution in [0.4, 0.5) is 0 Å². The van der Waals surface area contributed by atoms with Gasteiger partial charge in [0.15, 0.2) is 5.96 Å². The van der Waals surface area contributed by atoms with E-state index in [4.69, 9.17) is 0 Å². The number of hydrogen-bond acceptors (Lipinski definition) is 4. The number of aliphatic imine (C=N–C) groups is 1. The topological polar surface area (TPSA) is 67.1 Å². The van der Waals surface area contributed by atoms with Crippen LogP contribution in [0.5, 0.6) is 0 Å². The molecule has 0 saturated heterocycles. The first-order valence-corrected chi connectivity index (χ1v) is 9.31. The average Bonchev–Trinajstić information content (AvgIpc) is 3.23. The van der Waals surface area contributed by atoms with Crippen molar-refractivity contribution in [3.05, 3.63) is 46.2 Å². The summed E-state index contributed by atoms with van der Waals surface area (Å²) in [5.41, 5.74) is 2.15. The molecule has 132 valence electrons. The number of guanidine groups is 1. The molecule has 6 nitrogen and oxygen atoms in total. The van der Waals surface area contributed by atoms with Gasteiger partial charge in [0.2, 0.25) is 0 Å². The van der Waals surface area contributed by atoms with Crippen LogP contribution in [0.25, 0.3) is 11.0 Å². The molecule has 0 amide bonds. The van der Waals surface area contributed by atoms with Crippen molar-refractivity contribution in [2.75, 3.05) is 13.6 Å². The highest BCUT2D eigenvalue weighted by atomic mass is 32.1. The molecule has 7 heteroatoms. The summed E-state index contributed by atoms with van der Waals surface area (Å²) >= 11 is 1.78. The van der Waals surface area contributed by atoms with Crippen LogP contribution in [0, 0.1) is 0 Å². The van der Waals surface area contributed by atoms with Crippen LogP contribution in [-0.2, 0) is 26.4 Å². The highest BCUT2D eigenvalue weighted by Gasteiger charge is 2.08. The maximum absolute atomic E-state index is 4.67. The predicted octanol–water partition coefficient (Wildman–Crippen LogP) is 2.50. The fourth-order valence-corrected chi connectivity index (χ4v) is 3.51. The first-order valence-electron chi connectivity index (χ1n) is 8.49. The van der Waals surface area contributed by atoms with Gasteiger partial charge in [-0.1, -0.05) is 19.1 Å². The number of imidazole rings is 1. The normalized spacial score (nSPS) is 11.9. The summed E-state index contributed by atoms with van der Waals surface area (Å²) in [6.45, 7) is 3.59. The number of aromatic nitrogens is 3. The van der Waals surface area contributed by atoms with Crippen molar-refractivity contribution in [3.8, 4) is 0 Å². The third kappa shape index (κ3) is 4.17. The second-order valence-corrected chi connectivity index (χ2v) is 6.95. The van der Waals surface area contributed by atoms with E-state index in [-0.39, 0.29) is 0 Å². The van der Waals surface area contributed by atoms with Crippen molar-refractivity contribution in [2.24, 2.45) is 12.0 Å².